The molecule has 0 bridgehead atoms. The summed E-state index contributed by atoms with van der Waals surface area (Å²) in [5, 5.41) is 10.7. The predicted octanol–water partition coefficient (Wildman–Crippen LogP) is 2.56. The average Bonchev–Trinajstić information content (AvgIpc) is 3.24. The number of aliphatic hydroxyl groups is 1. The van der Waals surface area contributed by atoms with Crippen LogP contribution in [0, 0.1) is 0 Å². The molecule has 1 aliphatic heterocycles. The van der Waals surface area contributed by atoms with E-state index in [0.717, 1.165) is 6.07 Å². The zero-order valence-corrected chi connectivity index (χ0v) is 14.7. The summed E-state index contributed by atoms with van der Waals surface area (Å²) in [4.78, 5) is 25.7. The normalized spacial score (nSPS) is 23.4. The summed E-state index contributed by atoms with van der Waals surface area (Å²) in [6.45, 7) is 0.299. The van der Waals surface area contributed by atoms with Crippen molar-refractivity contribution < 1.29 is 27.9 Å². The van der Waals surface area contributed by atoms with Crippen molar-refractivity contribution in [2.24, 2.45) is 5.73 Å². The van der Waals surface area contributed by atoms with Crippen LogP contribution in [0.1, 0.15) is 34.3 Å². The maximum atomic E-state index is 13.9. The third-order valence-corrected chi connectivity index (χ3v) is 5.52. The zero-order chi connectivity index (χ0) is 20.3. The number of primary amides is 1. The second kappa shape index (κ2) is 6.07. The van der Waals surface area contributed by atoms with Crippen LogP contribution in [0.2, 0.25) is 0 Å². The second-order valence-corrected chi connectivity index (χ2v) is 7.07. The standard InChI is InChI=1S/C20H17F3N2O3/c21-20(22,23)19(28)14-5-2-1-4-12(14)13-8-7-11(10-15(13)19)18(27)25-9-3-6-16(25)17(24)26/h1-2,4-5,7-8,10,16,28H,3,6,9H2,(H2,24,26). The zero-order valence-electron chi connectivity index (χ0n) is 14.7. The fourth-order valence-electron chi connectivity index (χ4n) is 4.17. The van der Waals surface area contributed by atoms with E-state index in [0.29, 0.717) is 19.4 Å². The van der Waals surface area contributed by atoms with E-state index in [4.69, 9.17) is 5.73 Å². The van der Waals surface area contributed by atoms with Gasteiger partial charge in [-0.25, -0.2) is 0 Å². The molecule has 3 N–H and O–H groups in total. The SMILES string of the molecule is NC(=O)C1CCCN1C(=O)c1ccc2c(c1)C(O)(C(F)(F)F)c1ccccc1-2. The van der Waals surface area contributed by atoms with Gasteiger partial charge in [-0.05, 0) is 36.1 Å². The van der Waals surface area contributed by atoms with Gasteiger partial charge in [-0.3, -0.25) is 9.59 Å². The molecule has 4 rings (SSSR count). The molecule has 0 spiro atoms. The van der Waals surface area contributed by atoms with Crippen molar-refractivity contribution in [3.8, 4) is 11.1 Å². The summed E-state index contributed by atoms with van der Waals surface area (Å²) in [5.41, 5.74) is 1.94. The molecular weight excluding hydrogens is 373 g/mol. The molecule has 0 saturated carbocycles. The van der Waals surface area contributed by atoms with Crippen LogP contribution >= 0.6 is 0 Å². The Morgan fingerprint density at radius 1 is 1.11 bits per heavy atom. The maximum Gasteiger partial charge on any atom is 0.425 e. The van der Waals surface area contributed by atoms with E-state index in [1.807, 2.05) is 0 Å². The van der Waals surface area contributed by atoms with Gasteiger partial charge in [0, 0.05) is 23.2 Å². The van der Waals surface area contributed by atoms with Gasteiger partial charge in [0.15, 0.2) is 0 Å². The van der Waals surface area contributed by atoms with Gasteiger partial charge in [0.25, 0.3) is 5.91 Å². The molecule has 1 heterocycles. The highest BCUT2D eigenvalue weighted by molar-refractivity contribution is 5.99. The third kappa shape index (κ3) is 2.44. The molecule has 146 valence electrons. The molecule has 1 saturated heterocycles. The van der Waals surface area contributed by atoms with Gasteiger partial charge in [-0.2, -0.15) is 13.2 Å². The number of hydrogen-bond acceptors (Lipinski definition) is 3. The number of halogens is 3. The molecule has 1 aliphatic carbocycles. The Bertz CT molecular complexity index is 989. The van der Waals surface area contributed by atoms with Gasteiger partial charge in [0.2, 0.25) is 11.5 Å². The molecule has 0 aromatic heterocycles. The van der Waals surface area contributed by atoms with E-state index in [1.54, 1.807) is 6.07 Å². The Kier molecular flexibility index (Phi) is 4.01. The minimum atomic E-state index is -4.97. The molecule has 2 aliphatic rings. The first-order valence-corrected chi connectivity index (χ1v) is 8.80. The average molecular weight is 390 g/mol. The van der Waals surface area contributed by atoms with Crippen LogP contribution in [-0.2, 0) is 10.4 Å². The minimum Gasteiger partial charge on any atom is -0.372 e. The Morgan fingerprint density at radius 2 is 1.79 bits per heavy atom. The van der Waals surface area contributed by atoms with E-state index >= 15 is 0 Å². The molecule has 2 aromatic rings. The molecule has 2 unspecified atom stereocenters. The summed E-state index contributed by atoms with van der Waals surface area (Å²) < 4.78 is 41.7. The third-order valence-electron chi connectivity index (χ3n) is 5.52. The Morgan fingerprint density at radius 3 is 2.46 bits per heavy atom. The molecule has 0 radical (unpaired) electrons. The van der Waals surface area contributed by atoms with Crippen LogP contribution in [-0.4, -0.2) is 40.6 Å². The summed E-state index contributed by atoms with van der Waals surface area (Å²) in [6, 6.07) is 8.86. The van der Waals surface area contributed by atoms with Gasteiger partial charge in [0.1, 0.15) is 6.04 Å². The molecule has 8 heteroatoms. The smallest absolute Gasteiger partial charge is 0.372 e. The van der Waals surface area contributed by atoms with Crippen molar-refractivity contribution in [3.05, 3.63) is 59.2 Å². The van der Waals surface area contributed by atoms with Crippen LogP contribution in [0.5, 0.6) is 0 Å². The van der Waals surface area contributed by atoms with E-state index in [1.165, 1.54) is 35.2 Å². The van der Waals surface area contributed by atoms with Crippen LogP contribution in [0.3, 0.4) is 0 Å². The Labute approximate surface area is 158 Å². The van der Waals surface area contributed by atoms with E-state index in [-0.39, 0.29) is 27.8 Å². The summed E-state index contributed by atoms with van der Waals surface area (Å²) in [5.74, 6) is -1.23. The number of rotatable bonds is 2. The molecule has 1 fully saturated rings. The summed E-state index contributed by atoms with van der Waals surface area (Å²) in [7, 11) is 0. The topological polar surface area (TPSA) is 83.6 Å². The number of carbonyl (C=O) groups excluding carboxylic acids is 2. The van der Waals surface area contributed by atoms with Crippen molar-refractivity contribution in [2.75, 3.05) is 6.54 Å². The van der Waals surface area contributed by atoms with Crippen LogP contribution in [0.4, 0.5) is 13.2 Å². The maximum absolute atomic E-state index is 13.9. The number of nitrogens with zero attached hydrogens (tertiary/aromatic N) is 1. The summed E-state index contributed by atoms with van der Waals surface area (Å²) >= 11 is 0. The van der Waals surface area contributed by atoms with Gasteiger partial charge in [0.05, 0.1) is 0 Å². The van der Waals surface area contributed by atoms with Crippen molar-refractivity contribution in [2.45, 2.75) is 30.7 Å². The van der Waals surface area contributed by atoms with E-state index in [2.05, 4.69) is 0 Å². The molecular formula is C20H17F3N2O3. The lowest BCUT2D eigenvalue weighted by atomic mass is 9.90. The van der Waals surface area contributed by atoms with Crippen molar-refractivity contribution >= 4 is 11.8 Å². The first-order chi connectivity index (χ1) is 13.2. The van der Waals surface area contributed by atoms with Gasteiger partial charge in [-0.15, -0.1) is 0 Å². The number of nitrogens with two attached hydrogens (primary N) is 1. The number of amides is 2. The fraction of sp³-hybridized carbons (Fsp3) is 0.300. The number of carbonyl (C=O) groups is 2. The van der Waals surface area contributed by atoms with Crippen molar-refractivity contribution in [3.63, 3.8) is 0 Å². The molecule has 2 aromatic carbocycles. The first-order valence-electron chi connectivity index (χ1n) is 8.80. The van der Waals surface area contributed by atoms with Gasteiger partial charge >= 0.3 is 6.18 Å². The lowest BCUT2D eigenvalue weighted by Gasteiger charge is -2.29. The van der Waals surface area contributed by atoms with Crippen LogP contribution in [0.15, 0.2) is 42.5 Å². The molecule has 2 atom stereocenters. The molecule has 28 heavy (non-hydrogen) atoms. The summed E-state index contributed by atoms with van der Waals surface area (Å²) in [6.07, 6.45) is -3.97. The number of likely N-dealkylation sites (tertiary alicyclic amines) is 1. The van der Waals surface area contributed by atoms with Gasteiger partial charge in [-0.1, -0.05) is 30.3 Å². The number of alkyl halides is 3. The number of fused-ring (bicyclic) bond motifs is 3. The van der Waals surface area contributed by atoms with Crippen molar-refractivity contribution in [1.82, 2.24) is 4.90 Å². The number of benzene rings is 2. The lowest BCUT2D eigenvalue weighted by molar-refractivity contribution is -0.246. The van der Waals surface area contributed by atoms with E-state index < -0.39 is 29.6 Å². The lowest BCUT2D eigenvalue weighted by Crippen LogP contribution is -2.44. The van der Waals surface area contributed by atoms with Gasteiger partial charge < -0.3 is 15.7 Å². The van der Waals surface area contributed by atoms with Crippen LogP contribution in [0.25, 0.3) is 11.1 Å². The highest BCUT2D eigenvalue weighted by Gasteiger charge is 2.60. The second-order valence-electron chi connectivity index (χ2n) is 7.07. The largest absolute Gasteiger partial charge is 0.425 e. The predicted molar refractivity (Wildman–Crippen MR) is 94.2 cm³/mol. The Hall–Kier alpha value is -2.87. The quantitative estimate of drug-likeness (QED) is 0.827. The fourth-order valence-corrected chi connectivity index (χ4v) is 4.17. The Balaban J connectivity index is 1.83. The highest BCUT2D eigenvalue weighted by Crippen LogP contribution is 2.55. The molecule has 5 nitrogen and oxygen atoms in total. The van der Waals surface area contributed by atoms with Crippen molar-refractivity contribution in [1.29, 1.82) is 0 Å². The van der Waals surface area contributed by atoms with E-state index in [9.17, 15) is 27.9 Å². The highest BCUT2D eigenvalue weighted by atomic mass is 19.4. The molecule has 2 amide bonds. The monoisotopic (exact) mass is 390 g/mol. The minimum absolute atomic E-state index is 0.0256. The first kappa shape index (κ1) is 18.5. The van der Waals surface area contributed by atoms with Crippen LogP contribution < -0.4 is 5.73 Å². The number of hydrogen-bond donors (Lipinski definition) is 2.